The van der Waals surface area contributed by atoms with Crippen molar-refractivity contribution >= 4 is 39.3 Å². The van der Waals surface area contributed by atoms with Crippen molar-refractivity contribution in [3.8, 4) is 0 Å². The Morgan fingerprint density at radius 2 is 1.86 bits per heavy atom. The molecule has 0 unspecified atom stereocenters. The van der Waals surface area contributed by atoms with Gasteiger partial charge >= 0.3 is 29.6 Å². The first-order valence-electron chi connectivity index (χ1n) is 2.68. The van der Waals surface area contributed by atoms with Crippen LogP contribution in [0.5, 0.6) is 0 Å². The molecule has 1 heterocycles. The Morgan fingerprint density at radius 1 is 1.29 bits per heavy atom. The molecule has 72 valence electrons. The van der Waals surface area contributed by atoms with Crippen LogP contribution in [0.25, 0.3) is 0 Å². The first-order chi connectivity index (χ1) is 5.90. The zero-order valence-corrected chi connectivity index (χ0v) is 11.1. The second-order valence-corrected chi connectivity index (χ2v) is 3.65. The van der Waals surface area contributed by atoms with Gasteiger partial charge in [-0.2, -0.15) is 0 Å². The average Bonchev–Trinajstić information content (AvgIpc) is 1.96. The molecule has 11 heteroatoms. The molecule has 1 N–H and O–H groups in total. The minimum absolute atomic E-state index is 0. The van der Waals surface area contributed by atoms with E-state index in [-0.39, 0.29) is 39.7 Å². The maximum Gasteiger partial charge on any atom is 1.00 e. The molecule has 0 amide bonds. The van der Waals surface area contributed by atoms with Gasteiger partial charge in [0.05, 0.1) is 0 Å². The number of nitrogens with one attached hydrogen (secondary N) is 1. The predicted octanol–water partition coefficient (Wildman–Crippen LogP) is -2.95. The van der Waals surface area contributed by atoms with Crippen LogP contribution in [0.1, 0.15) is 0 Å². The van der Waals surface area contributed by atoms with Crippen LogP contribution >= 0.6 is 23.2 Å². The van der Waals surface area contributed by atoms with Crippen LogP contribution in [0.3, 0.4) is 0 Å². The molecule has 0 aliphatic carbocycles. The summed E-state index contributed by atoms with van der Waals surface area (Å²) >= 11 is 10.8. The van der Waals surface area contributed by atoms with Gasteiger partial charge in [-0.3, -0.25) is 4.72 Å². The summed E-state index contributed by atoms with van der Waals surface area (Å²) in [6, 6.07) is 0. The Morgan fingerprint density at radius 3 is 2.36 bits per heavy atom. The van der Waals surface area contributed by atoms with E-state index in [4.69, 9.17) is 23.2 Å². The van der Waals surface area contributed by atoms with Crippen LogP contribution in [-0.4, -0.2) is 28.4 Å². The third-order valence-electron chi connectivity index (χ3n) is 0.888. The number of hydrogen-bond donors (Lipinski definition) is 1. The van der Waals surface area contributed by atoms with Gasteiger partial charge in [0.25, 0.3) is 0 Å². The molecule has 7 nitrogen and oxygen atoms in total. The number of nitrogens with zero attached hydrogens (tertiary/aromatic N) is 3. The number of hydrogen-bond acceptors (Lipinski definition) is 6. The quantitative estimate of drug-likeness (QED) is 0.453. The summed E-state index contributed by atoms with van der Waals surface area (Å²) in [5.41, 5.74) is 0. The predicted molar refractivity (Wildman–Crippen MR) is 43.2 cm³/mol. The summed E-state index contributed by atoms with van der Waals surface area (Å²) in [6.07, 6.45) is 0. The standard InChI is InChI=1S/C3H2Cl2N4O3S.Na/c4-1-2(5)6-9-7-3(1)8-13(10,11)12;/h(H,6,7,8)(H,10,11,12);/q;+1/p-1. The Labute approximate surface area is 111 Å². The van der Waals surface area contributed by atoms with Crippen LogP contribution in [0.4, 0.5) is 5.82 Å². The van der Waals surface area contributed by atoms with Gasteiger partial charge in [-0.1, -0.05) is 23.2 Å². The van der Waals surface area contributed by atoms with E-state index in [0.717, 1.165) is 0 Å². The first-order valence-corrected chi connectivity index (χ1v) is 4.84. The van der Waals surface area contributed by atoms with E-state index in [9.17, 15) is 13.0 Å². The van der Waals surface area contributed by atoms with Gasteiger partial charge in [0, 0.05) is 0 Å². The second kappa shape index (κ2) is 5.40. The van der Waals surface area contributed by atoms with E-state index in [1.807, 2.05) is 0 Å². The molecule has 0 radical (unpaired) electrons. The molecule has 0 aromatic carbocycles. The normalized spacial score (nSPS) is 10.5. The van der Waals surface area contributed by atoms with Crippen molar-refractivity contribution in [3.05, 3.63) is 10.2 Å². The number of rotatable bonds is 2. The average molecular weight is 267 g/mol. The molecule has 0 saturated carbocycles. The minimum atomic E-state index is -4.69. The zero-order chi connectivity index (χ0) is 10.1. The van der Waals surface area contributed by atoms with Gasteiger partial charge in [0.15, 0.2) is 21.3 Å². The van der Waals surface area contributed by atoms with Crippen molar-refractivity contribution in [1.29, 1.82) is 0 Å². The molecule has 0 atom stereocenters. The van der Waals surface area contributed by atoms with Gasteiger partial charge in [0.2, 0.25) is 0 Å². The Kier molecular flexibility index (Phi) is 5.52. The van der Waals surface area contributed by atoms with Crippen molar-refractivity contribution in [2.24, 2.45) is 0 Å². The molecule has 0 bridgehead atoms. The Hall–Kier alpha value is 0.300. The van der Waals surface area contributed by atoms with Gasteiger partial charge < -0.3 is 4.55 Å². The number of aromatic nitrogens is 3. The summed E-state index contributed by atoms with van der Waals surface area (Å²) in [5.74, 6) is -0.448. The second-order valence-electron chi connectivity index (χ2n) is 1.80. The van der Waals surface area contributed by atoms with Crippen molar-refractivity contribution in [1.82, 2.24) is 15.4 Å². The summed E-state index contributed by atoms with van der Waals surface area (Å²) in [6.45, 7) is 0. The molecule has 1 aromatic rings. The van der Waals surface area contributed by atoms with E-state index < -0.39 is 16.1 Å². The third kappa shape index (κ3) is 4.22. The van der Waals surface area contributed by atoms with E-state index in [1.165, 1.54) is 4.72 Å². The van der Waals surface area contributed by atoms with Crippen LogP contribution in [0, 0.1) is 0 Å². The smallest absolute Gasteiger partial charge is 0.731 e. The fourth-order valence-corrected chi connectivity index (χ4v) is 1.16. The van der Waals surface area contributed by atoms with Gasteiger partial charge in [0.1, 0.15) is 5.02 Å². The zero-order valence-electron chi connectivity index (χ0n) is 6.73. The van der Waals surface area contributed by atoms with Gasteiger partial charge in [-0.15, -0.1) is 10.2 Å². The summed E-state index contributed by atoms with van der Waals surface area (Å²) in [4.78, 5) is 0. The topological polar surface area (TPSA) is 108 Å². The van der Waals surface area contributed by atoms with Crippen LogP contribution in [-0.2, 0) is 10.3 Å². The number of halogens is 2. The van der Waals surface area contributed by atoms with E-state index >= 15 is 0 Å². The first kappa shape index (κ1) is 14.3. The fourth-order valence-electron chi connectivity index (χ4n) is 0.475. The van der Waals surface area contributed by atoms with E-state index in [2.05, 4.69) is 15.4 Å². The van der Waals surface area contributed by atoms with Crippen molar-refractivity contribution < 1.29 is 42.5 Å². The molecule has 1 rings (SSSR count). The van der Waals surface area contributed by atoms with E-state index in [0.29, 0.717) is 0 Å². The van der Waals surface area contributed by atoms with E-state index in [1.54, 1.807) is 0 Å². The SMILES string of the molecule is O=S(=O)([O-])Nc1nnnc(Cl)c1Cl.[Na+]. The Bertz CT molecular complexity index is 426. The van der Waals surface area contributed by atoms with Gasteiger partial charge in [-0.25, -0.2) is 8.42 Å². The summed E-state index contributed by atoms with van der Waals surface area (Å²) < 4.78 is 32.1. The number of anilines is 1. The maximum absolute atomic E-state index is 10.2. The fraction of sp³-hybridized carbons (Fsp3) is 0. The molecular weight excluding hydrogens is 266 g/mol. The van der Waals surface area contributed by atoms with Crippen LogP contribution < -0.4 is 34.3 Å². The molecule has 0 saturated heterocycles. The molecule has 0 fully saturated rings. The minimum Gasteiger partial charge on any atom is -0.731 e. The molecule has 0 aliphatic heterocycles. The molecular formula is C3HCl2N4NaO3S. The van der Waals surface area contributed by atoms with Gasteiger partial charge in [-0.05, 0) is 5.21 Å². The monoisotopic (exact) mass is 266 g/mol. The largest absolute Gasteiger partial charge is 1.00 e. The molecule has 14 heavy (non-hydrogen) atoms. The van der Waals surface area contributed by atoms with Crippen LogP contribution in [0.2, 0.25) is 10.2 Å². The molecule has 0 aliphatic rings. The third-order valence-corrected chi connectivity index (χ3v) is 2.05. The van der Waals surface area contributed by atoms with Crippen molar-refractivity contribution in [3.63, 3.8) is 0 Å². The van der Waals surface area contributed by atoms with Crippen molar-refractivity contribution in [2.75, 3.05) is 4.72 Å². The summed E-state index contributed by atoms with van der Waals surface area (Å²) in [5, 5.41) is 8.88. The maximum atomic E-state index is 10.2. The molecule has 0 spiro atoms. The summed E-state index contributed by atoms with van der Waals surface area (Å²) in [7, 11) is -4.69. The van der Waals surface area contributed by atoms with Crippen molar-refractivity contribution in [2.45, 2.75) is 0 Å². The molecule has 1 aromatic heterocycles. The Balaban J connectivity index is 0.00000169. The van der Waals surface area contributed by atoms with Crippen LogP contribution in [0.15, 0.2) is 0 Å².